The minimum atomic E-state index is -0.594. The Balaban J connectivity index is 2.15. The summed E-state index contributed by atoms with van der Waals surface area (Å²) < 4.78 is 28.3. The van der Waals surface area contributed by atoms with Crippen molar-refractivity contribution in [3.8, 4) is 0 Å². The zero-order chi connectivity index (χ0) is 12.4. The largest absolute Gasteiger partial charge is 0.375 e. The summed E-state index contributed by atoms with van der Waals surface area (Å²) in [6, 6.07) is 5.65. The van der Waals surface area contributed by atoms with Crippen molar-refractivity contribution >= 4 is 5.69 Å². The van der Waals surface area contributed by atoms with Crippen LogP contribution in [0, 0.1) is 18.6 Å². The van der Waals surface area contributed by atoms with Crippen molar-refractivity contribution in [2.75, 3.05) is 5.32 Å². The second-order valence-corrected chi connectivity index (χ2v) is 3.85. The number of aryl methyl sites for hydroxylation is 2. The molecule has 90 valence electrons. The van der Waals surface area contributed by atoms with Gasteiger partial charge >= 0.3 is 0 Å². The minimum Gasteiger partial charge on any atom is -0.375 e. The van der Waals surface area contributed by atoms with Gasteiger partial charge in [-0.15, -0.1) is 0 Å². The van der Waals surface area contributed by atoms with Crippen molar-refractivity contribution < 1.29 is 8.78 Å². The predicted octanol–water partition coefficient (Wildman–Crippen LogP) is 2.62. The molecule has 0 saturated heterocycles. The lowest BCUT2D eigenvalue weighted by Gasteiger charge is -2.08. The Bertz CT molecular complexity index is 514. The number of halogens is 2. The maximum Gasteiger partial charge on any atom is 0.149 e. The second-order valence-electron chi connectivity index (χ2n) is 3.85. The quantitative estimate of drug-likeness (QED) is 0.889. The molecule has 0 aliphatic rings. The zero-order valence-electron chi connectivity index (χ0n) is 9.67. The van der Waals surface area contributed by atoms with E-state index < -0.39 is 11.6 Å². The van der Waals surface area contributed by atoms with Gasteiger partial charge in [-0.1, -0.05) is 6.07 Å². The van der Waals surface area contributed by atoms with Gasteiger partial charge in [0.25, 0.3) is 0 Å². The Morgan fingerprint density at radius 1 is 1.29 bits per heavy atom. The number of aromatic nitrogens is 2. The first-order chi connectivity index (χ1) is 8.08. The van der Waals surface area contributed by atoms with Gasteiger partial charge in [-0.05, 0) is 25.1 Å². The van der Waals surface area contributed by atoms with Gasteiger partial charge in [0.1, 0.15) is 17.3 Å². The molecule has 1 aromatic carbocycles. The number of anilines is 1. The Morgan fingerprint density at radius 3 is 2.47 bits per heavy atom. The highest BCUT2D eigenvalue weighted by molar-refractivity contribution is 5.46. The summed E-state index contributed by atoms with van der Waals surface area (Å²) >= 11 is 0. The number of hydrogen-bond acceptors (Lipinski definition) is 2. The normalized spacial score (nSPS) is 10.6. The fraction of sp³-hybridized carbons (Fsp3) is 0.250. The van der Waals surface area contributed by atoms with Gasteiger partial charge in [-0.25, -0.2) is 8.78 Å². The summed E-state index contributed by atoms with van der Waals surface area (Å²) in [6.45, 7) is 2.20. The lowest BCUT2D eigenvalue weighted by atomic mass is 10.2. The highest BCUT2D eigenvalue weighted by atomic mass is 19.1. The SMILES string of the molecule is Cc1cc(CNc2c(F)cccc2F)n(C)n1. The van der Waals surface area contributed by atoms with Crippen molar-refractivity contribution in [3.05, 3.63) is 47.3 Å². The van der Waals surface area contributed by atoms with E-state index in [2.05, 4.69) is 10.4 Å². The van der Waals surface area contributed by atoms with Crippen LogP contribution in [-0.2, 0) is 13.6 Å². The maximum absolute atomic E-state index is 13.3. The van der Waals surface area contributed by atoms with Crippen LogP contribution in [0.4, 0.5) is 14.5 Å². The van der Waals surface area contributed by atoms with E-state index in [4.69, 9.17) is 0 Å². The summed E-state index contributed by atoms with van der Waals surface area (Å²) in [5, 5.41) is 6.90. The van der Waals surface area contributed by atoms with Gasteiger partial charge in [0.05, 0.1) is 17.9 Å². The number of para-hydroxylation sites is 1. The van der Waals surface area contributed by atoms with Crippen LogP contribution in [0.1, 0.15) is 11.4 Å². The molecule has 0 saturated carbocycles. The molecule has 0 amide bonds. The first-order valence-corrected chi connectivity index (χ1v) is 5.25. The fourth-order valence-electron chi connectivity index (χ4n) is 1.68. The van der Waals surface area contributed by atoms with Gasteiger partial charge in [0.2, 0.25) is 0 Å². The van der Waals surface area contributed by atoms with Gasteiger partial charge in [0.15, 0.2) is 0 Å². The molecular weight excluding hydrogens is 224 g/mol. The molecule has 1 aromatic heterocycles. The Kier molecular flexibility index (Phi) is 3.08. The third-order valence-electron chi connectivity index (χ3n) is 2.51. The van der Waals surface area contributed by atoms with Crippen molar-refractivity contribution in [3.63, 3.8) is 0 Å². The maximum atomic E-state index is 13.3. The van der Waals surface area contributed by atoms with Gasteiger partial charge in [-0.2, -0.15) is 5.10 Å². The predicted molar refractivity (Wildman–Crippen MR) is 61.6 cm³/mol. The third kappa shape index (κ3) is 2.43. The number of benzene rings is 1. The van der Waals surface area contributed by atoms with Gasteiger partial charge < -0.3 is 5.32 Å². The molecule has 0 unspecified atom stereocenters. The summed E-state index contributed by atoms with van der Waals surface area (Å²) in [5.41, 5.74) is 1.63. The molecule has 0 radical (unpaired) electrons. The first kappa shape index (κ1) is 11.6. The van der Waals surface area contributed by atoms with Crippen molar-refractivity contribution in [1.29, 1.82) is 0 Å². The topological polar surface area (TPSA) is 29.9 Å². The third-order valence-corrected chi connectivity index (χ3v) is 2.51. The number of nitrogens with zero attached hydrogens (tertiary/aromatic N) is 2. The van der Waals surface area contributed by atoms with Crippen LogP contribution in [-0.4, -0.2) is 9.78 Å². The van der Waals surface area contributed by atoms with E-state index in [9.17, 15) is 8.78 Å². The molecule has 0 bridgehead atoms. The van der Waals surface area contributed by atoms with Crippen molar-refractivity contribution in [2.24, 2.45) is 7.05 Å². The summed E-state index contributed by atoms with van der Waals surface area (Å²) in [4.78, 5) is 0. The number of nitrogens with one attached hydrogen (secondary N) is 1. The van der Waals surface area contributed by atoms with Crippen LogP contribution in [0.5, 0.6) is 0 Å². The molecule has 17 heavy (non-hydrogen) atoms. The molecular formula is C12H13F2N3. The summed E-state index contributed by atoms with van der Waals surface area (Å²) in [5.74, 6) is -1.19. The van der Waals surface area contributed by atoms with Gasteiger partial charge in [-0.3, -0.25) is 4.68 Å². The molecule has 2 rings (SSSR count). The molecule has 0 spiro atoms. The summed E-state index contributed by atoms with van der Waals surface area (Å²) in [7, 11) is 1.79. The molecule has 0 aliphatic carbocycles. The molecule has 2 aromatic rings. The monoisotopic (exact) mass is 237 g/mol. The average Bonchev–Trinajstić information content (AvgIpc) is 2.57. The molecule has 0 fully saturated rings. The Hall–Kier alpha value is -1.91. The van der Waals surface area contributed by atoms with E-state index >= 15 is 0 Å². The van der Waals surface area contributed by atoms with Crippen LogP contribution < -0.4 is 5.32 Å². The van der Waals surface area contributed by atoms with E-state index in [1.165, 1.54) is 18.2 Å². The molecule has 1 N–H and O–H groups in total. The second kappa shape index (κ2) is 4.53. The van der Waals surface area contributed by atoms with E-state index in [-0.39, 0.29) is 5.69 Å². The van der Waals surface area contributed by atoms with Crippen LogP contribution in [0.3, 0.4) is 0 Å². The van der Waals surface area contributed by atoms with Crippen LogP contribution in [0.15, 0.2) is 24.3 Å². The lowest BCUT2D eigenvalue weighted by molar-refractivity contribution is 0.587. The zero-order valence-corrected chi connectivity index (χ0v) is 9.67. The summed E-state index contributed by atoms with van der Waals surface area (Å²) in [6.07, 6.45) is 0. The van der Waals surface area contributed by atoms with Crippen LogP contribution >= 0.6 is 0 Å². The molecule has 5 heteroatoms. The molecule has 0 atom stereocenters. The van der Waals surface area contributed by atoms with Crippen LogP contribution in [0.2, 0.25) is 0 Å². The van der Waals surface area contributed by atoms with E-state index in [1.807, 2.05) is 13.0 Å². The molecule has 1 heterocycles. The highest BCUT2D eigenvalue weighted by Gasteiger charge is 2.08. The first-order valence-electron chi connectivity index (χ1n) is 5.25. The lowest BCUT2D eigenvalue weighted by Crippen LogP contribution is -2.07. The van der Waals surface area contributed by atoms with Crippen molar-refractivity contribution in [2.45, 2.75) is 13.5 Å². The Labute approximate surface area is 98.1 Å². The number of hydrogen-bond donors (Lipinski definition) is 1. The highest BCUT2D eigenvalue weighted by Crippen LogP contribution is 2.18. The fourth-order valence-corrected chi connectivity index (χ4v) is 1.68. The average molecular weight is 237 g/mol. The molecule has 0 aliphatic heterocycles. The standard InChI is InChI=1S/C12H13F2N3/c1-8-6-9(17(2)16-8)7-15-12-10(13)4-3-5-11(12)14/h3-6,15H,7H2,1-2H3. The number of rotatable bonds is 3. The van der Waals surface area contributed by atoms with E-state index in [1.54, 1.807) is 11.7 Å². The Morgan fingerprint density at radius 2 is 1.94 bits per heavy atom. The minimum absolute atomic E-state index is 0.105. The van der Waals surface area contributed by atoms with E-state index in [0.717, 1.165) is 11.4 Å². The van der Waals surface area contributed by atoms with Crippen LogP contribution in [0.25, 0.3) is 0 Å². The van der Waals surface area contributed by atoms with E-state index in [0.29, 0.717) is 6.54 Å². The van der Waals surface area contributed by atoms with Gasteiger partial charge in [0, 0.05) is 7.05 Å². The molecule has 3 nitrogen and oxygen atoms in total. The van der Waals surface area contributed by atoms with Crippen molar-refractivity contribution in [1.82, 2.24) is 9.78 Å². The smallest absolute Gasteiger partial charge is 0.149 e.